The van der Waals surface area contributed by atoms with Gasteiger partial charge in [-0.25, -0.2) is 0 Å². The van der Waals surface area contributed by atoms with Crippen LogP contribution in [-0.4, -0.2) is 22.8 Å². The SMILES string of the molecule is CC(C)(O)OC1CCC(=O)C1. The Labute approximate surface area is 66.4 Å². The Morgan fingerprint density at radius 3 is 2.64 bits per heavy atom. The lowest BCUT2D eigenvalue weighted by molar-refractivity contribution is -0.203. The van der Waals surface area contributed by atoms with E-state index in [4.69, 9.17) is 4.74 Å². The van der Waals surface area contributed by atoms with Gasteiger partial charge in [-0.15, -0.1) is 0 Å². The summed E-state index contributed by atoms with van der Waals surface area (Å²) >= 11 is 0. The maximum absolute atomic E-state index is 10.8. The third-order valence-electron chi connectivity index (χ3n) is 1.66. The van der Waals surface area contributed by atoms with Crippen LogP contribution < -0.4 is 0 Å². The number of carbonyl (C=O) groups is 1. The van der Waals surface area contributed by atoms with E-state index < -0.39 is 5.79 Å². The van der Waals surface area contributed by atoms with Gasteiger partial charge in [0.05, 0.1) is 6.10 Å². The molecule has 64 valence electrons. The largest absolute Gasteiger partial charge is 0.366 e. The van der Waals surface area contributed by atoms with Crippen molar-refractivity contribution in [3.63, 3.8) is 0 Å². The molecule has 3 heteroatoms. The van der Waals surface area contributed by atoms with Crippen molar-refractivity contribution < 1.29 is 14.6 Å². The van der Waals surface area contributed by atoms with Gasteiger partial charge in [-0.3, -0.25) is 4.79 Å². The number of ether oxygens (including phenoxy) is 1. The number of aliphatic hydroxyl groups is 1. The van der Waals surface area contributed by atoms with E-state index in [-0.39, 0.29) is 11.9 Å². The molecule has 11 heavy (non-hydrogen) atoms. The number of ketones is 1. The summed E-state index contributed by atoms with van der Waals surface area (Å²) in [7, 11) is 0. The molecule has 1 N–H and O–H groups in total. The normalized spacial score (nSPS) is 26.1. The third-order valence-corrected chi connectivity index (χ3v) is 1.66. The van der Waals surface area contributed by atoms with Gasteiger partial charge in [0.2, 0.25) is 0 Å². The molecular formula is C8H14O3. The molecule has 1 saturated carbocycles. The summed E-state index contributed by atoms with van der Waals surface area (Å²) in [5.74, 6) is -0.866. The fourth-order valence-electron chi connectivity index (χ4n) is 1.29. The summed E-state index contributed by atoms with van der Waals surface area (Å²) in [6.07, 6.45) is 1.75. The van der Waals surface area contributed by atoms with E-state index >= 15 is 0 Å². The van der Waals surface area contributed by atoms with Crippen LogP contribution in [0.2, 0.25) is 0 Å². The van der Waals surface area contributed by atoms with E-state index in [0.29, 0.717) is 12.8 Å². The second-order valence-corrected chi connectivity index (χ2v) is 3.47. The zero-order chi connectivity index (χ0) is 8.48. The van der Waals surface area contributed by atoms with E-state index in [2.05, 4.69) is 0 Å². The first-order chi connectivity index (χ1) is 4.97. The highest BCUT2D eigenvalue weighted by atomic mass is 16.6. The van der Waals surface area contributed by atoms with E-state index in [9.17, 15) is 9.90 Å². The Kier molecular flexibility index (Phi) is 2.30. The second-order valence-electron chi connectivity index (χ2n) is 3.47. The summed E-state index contributed by atoms with van der Waals surface area (Å²) in [5, 5.41) is 9.23. The molecule has 3 nitrogen and oxygen atoms in total. The average Bonchev–Trinajstić information content (AvgIpc) is 2.10. The van der Waals surface area contributed by atoms with Crippen LogP contribution in [0.15, 0.2) is 0 Å². The Hall–Kier alpha value is -0.410. The molecule has 0 radical (unpaired) electrons. The van der Waals surface area contributed by atoms with Crippen molar-refractivity contribution in [2.45, 2.75) is 45.0 Å². The van der Waals surface area contributed by atoms with Crippen LogP contribution in [0.25, 0.3) is 0 Å². The monoisotopic (exact) mass is 158 g/mol. The molecule has 1 rings (SSSR count). The highest BCUT2D eigenvalue weighted by Gasteiger charge is 2.27. The van der Waals surface area contributed by atoms with E-state index in [1.807, 2.05) is 0 Å². The summed E-state index contributed by atoms with van der Waals surface area (Å²) < 4.78 is 5.20. The predicted octanol–water partition coefficient (Wildman–Crippen LogP) is 0.853. The van der Waals surface area contributed by atoms with Gasteiger partial charge in [0, 0.05) is 12.8 Å². The van der Waals surface area contributed by atoms with Crippen LogP contribution >= 0.6 is 0 Å². The van der Waals surface area contributed by atoms with Crippen molar-refractivity contribution in [2.75, 3.05) is 0 Å². The molecule has 0 aromatic rings. The number of hydrogen-bond acceptors (Lipinski definition) is 3. The highest BCUT2D eigenvalue weighted by molar-refractivity contribution is 5.81. The molecule has 0 aliphatic heterocycles. The van der Waals surface area contributed by atoms with Crippen LogP contribution in [0.3, 0.4) is 0 Å². The van der Waals surface area contributed by atoms with Gasteiger partial charge in [-0.05, 0) is 20.3 Å². The molecule has 0 saturated heterocycles. The number of carbonyl (C=O) groups excluding carboxylic acids is 1. The van der Waals surface area contributed by atoms with Crippen molar-refractivity contribution in [2.24, 2.45) is 0 Å². The van der Waals surface area contributed by atoms with E-state index in [1.54, 1.807) is 13.8 Å². The van der Waals surface area contributed by atoms with Gasteiger partial charge in [0.1, 0.15) is 5.78 Å². The molecule has 1 unspecified atom stereocenters. The highest BCUT2D eigenvalue weighted by Crippen LogP contribution is 2.22. The van der Waals surface area contributed by atoms with Crippen LogP contribution in [0.4, 0.5) is 0 Å². The van der Waals surface area contributed by atoms with Crippen LogP contribution in [-0.2, 0) is 9.53 Å². The molecule has 0 spiro atoms. The minimum Gasteiger partial charge on any atom is -0.366 e. The summed E-state index contributed by atoms with van der Waals surface area (Å²) in [6, 6.07) is 0. The van der Waals surface area contributed by atoms with Crippen molar-refractivity contribution in [1.29, 1.82) is 0 Å². The Morgan fingerprint density at radius 2 is 2.27 bits per heavy atom. The predicted molar refractivity (Wildman–Crippen MR) is 40.0 cm³/mol. The van der Waals surface area contributed by atoms with Gasteiger partial charge < -0.3 is 9.84 Å². The number of rotatable bonds is 2. The lowest BCUT2D eigenvalue weighted by Gasteiger charge is -2.22. The molecule has 1 aliphatic rings. The molecule has 0 aromatic heterocycles. The lowest BCUT2D eigenvalue weighted by atomic mass is 10.3. The van der Waals surface area contributed by atoms with Crippen LogP contribution in [0.1, 0.15) is 33.1 Å². The Morgan fingerprint density at radius 1 is 1.64 bits per heavy atom. The molecule has 0 aromatic carbocycles. The topological polar surface area (TPSA) is 46.5 Å². The molecule has 1 fully saturated rings. The van der Waals surface area contributed by atoms with Crippen molar-refractivity contribution in [1.82, 2.24) is 0 Å². The summed E-state index contributed by atoms with van der Waals surface area (Å²) in [6.45, 7) is 3.16. The molecule has 0 bridgehead atoms. The van der Waals surface area contributed by atoms with Crippen LogP contribution in [0, 0.1) is 0 Å². The Bertz CT molecular complexity index is 157. The van der Waals surface area contributed by atoms with Crippen molar-refractivity contribution in [3.05, 3.63) is 0 Å². The van der Waals surface area contributed by atoms with E-state index in [1.165, 1.54) is 0 Å². The molecule has 1 aliphatic carbocycles. The quantitative estimate of drug-likeness (QED) is 0.606. The van der Waals surface area contributed by atoms with Gasteiger partial charge >= 0.3 is 0 Å². The lowest BCUT2D eigenvalue weighted by Crippen LogP contribution is -2.28. The van der Waals surface area contributed by atoms with Crippen molar-refractivity contribution >= 4 is 5.78 Å². The first-order valence-corrected chi connectivity index (χ1v) is 3.89. The zero-order valence-electron chi connectivity index (χ0n) is 6.96. The van der Waals surface area contributed by atoms with Gasteiger partial charge in [0.25, 0.3) is 0 Å². The van der Waals surface area contributed by atoms with Crippen molar-refractivity contribution in [3.8, 4) is 0 Å². The fraction of sp³-hybridized carbons (Fsp3) is 0.875. The minimum atomic E-state index is -1.10. The first-order valence-electron chi connectivity index (χ1n) is 3.89. The van der Waals surface area contributed by atoms with Gasteiger partial charge in [-0.2, -0.15) is 0 Å². The summed E-state index contributed by atoms with van der Waals surface area (Å²) in [5.41, 5.74) is 0. The fourth-order valence-corrected chi connectivity index (χ4v) is 1.29. The standard InChI is InChI=1S/C8H14O3/c1-8(2,10)11-7-4-3-6(9)5-7/h7,10H,3-5H2,1-2H3. The maximum Gasteiger partial charge on any atom is 0.160 e. The maximum atomic E-state index is 10.8. The molecule has 0 amide bonds. The van der Waals surface area contributed by atoms with Gasteiger partial charge in [-0.1, -0.05) is 0 Å². The molecular weight excluding hydrogens is 144 g/mol. The minimum absolute atomic E-state index is 0.0671. The first kappa shape index (κ1) is 8.68. The van der Waals surface area contributed by atoms with Gasteiger partial charge in [0.15, 0.2) is 5.79 Å². The molecule has 1 atom stereocenters. The zero-order valence-corrected chi connectivity index (χ0v) is 6.96. The second kappa shape index (κ2) is 2.91. The smallest absolute Gasteiger partial charge is 0.160 e. The number of Topliss-reactive ketones (excluding diaryl/α,β-unsaturated/α-hetero) is 1. The molecule has 0 heterocycles. The van der Waals surface area contributed by atoms with Crippen LogP contribution in [0.5, 0.6) is 0 Å². The third kappa shape index (κ3) is 2.99. The summed E-state index contributed by atoms with van der Waals surface area (Å²) in [4.78, 5) is 10.8. The van der Waals surface area contributed by atoms with E-state index in [0.717, 1.165) is 6.42 Å². The average molecular weight is 158 g/mol. The Balaban J connectivity index is 2.34. The number of hydrogen-bond donors (Lipinski definition) is 1.